The highest BCUT2D eigenvalue weighted by Gasteiger charge is 2.07. The summed E-state index contributed by atoms with van der Waals surface area (Å²) in [5, 5.41) is 3.36. The zero-order chi connectivity index (χ0) is 20.2. The molecule has 0 fully saturated rings. The molecule has 0 radical (unpaired) electrons. The van der Waals surface area contributed by atoms with Gasteiger partial charge >= 0.3 is 0 Å². The molecule has 0 amide bonds. The van der Waals surface area contributed by atoms with Gasteiger partial charge in [0.25, 0.3) is 0 Å². The molecule has 0 saturated heterocycles. The van der Waals surface area contributed by atoms with Crippen LogP contribution in [-0.4, -0.2) is 56.9 Å². The van der Waals surface area contributed by atoms with Crippen LogP contribution in [0.2, 0.25) is 0 Å². The summed E-state index contributed by atoms with van der Waals surface area (Å²) in [6.07, 6.45) is 1.80. The van der Waals surface area contributed by atoms with Gasteiger partial charge in [0.05, 0.1) is 13.2 Å². The van der Waals surface area contributed by atoms with Crippen LogP contribution in [0.3, 0.4) is 0 Å². The number of hydrogen-bond donors (Lipinski definition) is 1. The Balaban J connectivity index is 0.00000420. The van der Waals surface area contributed by atoms with Crippen molar-refractivity contribution in [3.05, 3.63) is 53.7 Å². The third kappa shape index (κ3) is 8.86. The summed E-state index contributed by atoms with van der Waals surface area (Å²) in [5.41, 5.74) is 2.24. The number of rotatable bonds is 10. The van der Waals surface area contributed by atoms with Crippen LogP contribution in [0.1, 0.15) is 18.1 Å². The van der Waals surface area contributed by atoms with Crippen LogP contribution < -0.4 is 14.8 Å². The summed E-state index contributed by atoms with van der Waals surface area (Å²) < 4.78 is 15.9. The summed E-state index contributed by atoms with van der Waals surface area (Å²) in [6, 6.07) is 12.0. The first-order valence-corrected chi connectivity index (χ1v) is 9.36. The van der Waals surface area contributed by atoms with E-state index in [9.17, 15) is 0 Å². The second-order valence-electron chi connectivity index (χ2n) is 6.18. The van der Waals surface area contributed by atoms with Crippen molar-refractivity contribution in [1.82, 2.24) is 15.2 Å². The Bertz CT molecular complexity index is 724. The summed E-state index contributed by atoms with van der Waals surface area (Å²) >= 11 is 0. The Morgan fingerprint density at radius 2 is 1.79 bits per heavy atom. The number of nitrogens with zero attached hydrogens (tertiary/aromatic N) is 3. The third-order valence-electron chi connectivity index (χ3n) is 4.01. The molecule has 7 nitrogen and oxygen atoms in total. The number of ether oxygens (including phenoxy) is 3. The predicted molar refractivity (Wildman–Crippen MR) is 126 cm³/mol. The molecule has 1 N–H and O–H groups in total. The van der Waals surface area contributed by atoms with Crippen LogP contribution in [0.15, 0.2) is 47.6 Å². The number of aromatic nitrogens is 1. The number of halogens is 1. The number of hydrogen-bond acceptors (Lipinski definition) is 5. The minimum atomic E-state index is 0. The van der Waals surface area contributed by atoms with Crippen molar-refractivity contribution < 1.29 is 14.2 Å². The number of benzene rings is 1. The van der Waals surface area contributed by atoms with E-state index in [0.717, 1.165) is 23.8 Å². The Morgan fingerprint density at radius 1 is 1.07 bits per heavy atom. The standard InChI is InChI=1S/C21H30N4O3.HI/c1-5-27-19-9-6-17(7-10-19)16-25(3)21(22-2)24-15-18-8-11-20(23-14-18)28-13-12-26-4;/h6-11,14H,5,12-13,15-16H2,1-4H3,(H,22,24);1H. The lowest BCUT2D eigenvalue weighted by molar-refractivity contribution is 0.143. The smallest absolute Gasteiger partial charge is 0.213 e. The second-order valence-corrected chi connectivity index (χ2v) is 6.18. The molecule has 0 spiro atoms. The highest BCUT2D eigenvalue weighted by atomic mass is 127. The molecular formula is C21H31IN4O3. The van der Waals surface area contributed by atoms with Crippen molar-refractivity contribution in [2.45, 2.75) is 20.0 Å². The van der Waals surface area contributed by atoms with Crippen LogP contribution in [-0.2, 0) is 17.8 Å². The van der Waals surface area contributed by atoms with E-state index in [2.05, 4.69) is 32.3 Å². The molecule has 160 valence electrons. The maximum atomic E-state index is 5.49. The molecule has 0 bridgehead atoms. The first-order valence-electron chi connectivity index (χ1n) is 9.36. The maximum absolute atomic E-state index is 5.49. The van der Waals surface area contributed by atoms with Gasteiger partial charge in [0.1, 0.15) is 12.4 Å². The molecule has 1 heterocycles. The molecule has 2 rings (SSSR count). The van der Waals surface area contributed by atoms with Gasteiger partial charge in [-0.25, -0.2) is 4.98 Å². The molecule has 0 aliphatic carbocycles. The normalized spacial score (nSPS) is 10.8. The molecule has 0 aliphatic rings. The lowest BCUT2D eigenvalue weighted by atomic mass is 10.2. The van der Waals surface area contributed by atoms with Gasteiger partial charge < -0.3 is 24.4 Å². The van der Waals surface area contributed by atoms with E-state index < -0.39 is 0 Å². The highest BCUT2D eigenvalue weighted by molar-refractivity contribution is 14.0. The largest absolute Gasteiger partial charge is 0.494 e. The second kappa shape index (κ2) is 14.0. The number of guanidine groups is 1. The quantitative estimate of drug-likeness (QED) is 0.227. The number of pyridine rings is 1. The summed E-state index contributed by atoms with van der Waals surface area (Å²) in [6.45, 7) is 5.06. The monoisotopic (exact) mass is 514 g/mol. The van der Waals surface area contributed by atoms with Crippen molar-refractivity contribution in [1.29, 1.82) is 0 Å². The number of nitrogens with one attached hydrogen (secondary N) is 1. The number of methoxy groups -OCH3 is 1. The number of aliphatic imine (C=N–C) groups is 1. The minimum Gasteiger partial charge on any atom is -0.494 e. The molecule has 2 aromatic rings. The van der Waals surface area contributed by atoms with Gasteiger partial charge in [-0.15, -0.1) is 24.0 Å². The van der Waals surface area contributed by atoms with Crippen LogP contribution in [0.25, 0.3) is 0 Å². The van der Waals surface area contributed by atoms with Crippen molar-refractivity contribution in [2.24, 2.45) is 4.99 Å². The van der Waals surface area contributed by atoms with Crippen LogP contribution >= 0.6 is 24.0 Å². The van der Waals surface area contributed by atoms with Crippen LogP contribution in [0.5, 0.6) is 11.6 Å². The summed E-state index contributed by atoms with van der Waals surface area (Å²) in [7, 11) is 5.43. The first-order chi connectivity index (χ1) is 13.7. The van der Waals surface area contributed by atoms with Crippen molar-refractivity contribution >= 4 is 29.9 Å². The van der Waals surface area contributed by atoms with Crippen molar-refractivity contribution in [2.75, 3.05) is 41.0 Å². The SMILES string of the molecule is CCOc1ccc(CN(C)C(=NC)NCc2ccc(OCCOC)nc2)cc1.I. The van der Waals surface area contributed by atoms with Crippen LogP contribution in [0.4, 0.5) is 0 Å². The lowest BCUT2D eigenvalue weighted by Gasteiger charge is -2.22. The Morgan fingerprint density at radius 3 is 2.38 bits per heavy atom. The van der Waals surface area contributed by atoms with Crippen LogP contribution in [0, 0.1) is 0 Å². The van der Waals surface area contributed by atoms with Gasteiger partial charge in [-0.3, -0.25) is 4.99 Å². The van der Waals surface area contributed by atoms with E-state index >= 15 is 0 Å². The zero-order valence-electron chi connectivity index (χ0n) is 17.6. The summed E-state index contributed by atoms with van der Waals surface area (Å²) in [4.78, 5) is 10.7. The zero-order valence-corrected chi connectivity index (χ0v) is 19.9. The summed E-state index contributed by atoms with van der Waals surface area (Å²) in [5.74, 6) is 2.30. The average molecular weight is 514 g/mol. The van der Waals surface area contributed by atoms with Crippen molar-refractivity contribution in [3.63, 3.8) is 0 Å². The Hall–Kier alpha value is -2.07. The molecule has 0 atom stereocenters. The first kappa shape index (κ1) is 25.0. The average Bonchev–Trinajstić information content (AvgIpc) is 2.71. The lowest BCUT2D eigenvalue weighted by Crippen LogP contribution is -2.38. The van der Waals surface area contributed by atoms with Crippen molar-refractivity contribution in [3.8, 4) is 11.6 Å². The van der Waals surface area contributed by atoms with Gasteiger partial charge in [0, 0.05) is 46.6 Å². The van der Waals surface area contributed by atoms with Gasteiger partial charge in [-0.05, 0) is 30.2 Å². The van der Waals surface area contributed by atoms with Gasteiger partial charge in [0.2, 0.25) is 5.88 Å². The molecule has 0 unspecified atom stereocenters. The molecule has 0 aliphatic heterocycles. The van der Waals surface area contributed by atoms with Gasteiger partial charge in [-0.1, -0.05) is 18.2 Å². The fourth-order valence-corrected chi connectivity index (χ4v) is 2.60. The Labute approximate surface area is 190 Å². The maximum Gasteiger partial charge on any atom is 0.213 e. The highest BCUT2D eigenvalue weighted by Crippen LogP contribution is 2.13. The molecule has 0 saturated carbocycles. The fraction of sp³-hybridized carbons (Fsp3) is 0.429. The third-order valence-corrected chi connectivity index (χ3v) is 4.01. The van der Waals surface area contributed by atoms with E-state index in [-0.39, 0.29) is 24.0 Å². The van der Waals surface area contributed by atoms with E-state index in [0.29, 0.717) is 32.2 Å². The Kier molecular flexibility index (Phi) is 12.1. The molecule has 1 aromatic carbocycles. The molecule has 8 heteroatoms. The fourth-order valence-electron chi connectivity index (χ4n) is 2.60. The van der Waals surface area contributed by atoms with Gasteiger partial charge in [0.15, 0.2) is 5.96 Å². The minimum absolute atomic E-state index is 0. The predicted octanol–water partition coefficient (Wildman–Crippen LogP) is 3.33. The topological polar surface area (TPSA) is 68.2 Å². The van der Waals surface area contributed by atoms with E-state index in [1.807, 2.05) is 38.2 Å². The molecular weight excluding hydrogens is 483 g/mol. The van der Waals surface area contributed by atoms with E-state index in [1.165, 1.54) is 5.56 Å². The van der Waals surface area contributed by atoms with Gasteiger partial charge in [-0.2, -0.15) is 0 Å². The molecule has 29 heavy (non-hydrogen) atoms. The molecule has 1 aromatic heterocycles. The van der Waals surface area contributed by atoms with E-state index in [4.69, 9.17) is 14.2 Å². The van der Waals surface area contributed by atoms with E-state index in [1.54, 1.807) is 20.4 Å².